The first-order chi connectivity index (χ1) is 10.3. The molecule has 3 rings (SSSR count). The molecule has 0 saturated heterocycles. The largest absolute Gasteiger partial charge is 0.356 e. The maximum atomic E-state index is 12.6. The van der Waals surface area contributed by atoms with Crippen molar-refractivity contribution in [2.75, 3.05) is 6.54 Å². The summed E-state index contributed by atoms with van der Waals surface area (Å²) >= 11 is 0. The Morgan fingerprint density at radius 3 is 2.81 bits per heavy atom. The van der Waals surface area contributed by atoms with Crippen LogP contribution in [0.5, 0.6) is 0 Å². The van der Waals surface area contributed by atoms with Crippen molar-refractivity contribution in [1.82, 2.24) is 10.1 Å². The first-order valence-electron chi connectivity index (χ1n) is 7.92. The van der Waals surface area contributed by atoms with Gasteiger partial charge in [0.25, 0.3) is 0 Å². The van der Waals surface area contributed by atoms with Gasteiger partial charge in [0.2, 0.25) is 5.91 Å². The second-order valence-electron chi connectivity index (χ2n) is 5.77. The average Bonchev–Trinajstić information content (AvgIpc) is 2.92. The molecule has 0 radical (unpaired) electrons. The van der Waals surface area contributed by atoms with Gasteiger partial charge in [0.15, 0.2) is 5.58 Å². The molecular formula is C17H22N2O2. The minimum Gasteiger partial charge on any atom is -0.356 e. The quantitative estimate of drug-likeness (QED) is 0.863. The summed E-state index contributed by atoms with van der Waals surface area (Å²) in [7, 11) is 0. The summed E-state index contributed by atoms with van der Waals surface area (Å²) in [5.74, 6) is 0.170. The molecule has 0 spiro atoms. The van der Waals surface area contributed by atoms with Gasteiger partial charge in [-0.1, -0.05) is 36.6 Å². The maximum absolute atomic E-state index is 12.6. The standard InChI is InChI=1S/C17H22N2O2/c1-2-19(13-8-4-3-5-9-13)17(20)12-15-14-10-6-7-11-16(14)21-18-15/h6-7,10-11,13H,2-5,8-9,12H2,1H3. The number of rotatable bonds is 4. The molecule has 1 fully saturated rings. The van der Waals surface area contributed by atoms with Gasteiger partial charge in [-0.25, -0.2) is 0 Å². The average molecular weight is 286 g/mol. The van der Waals surface area contributed by atoms with Crippen LogP contribution in [0.15, 0.2) is 28.8 Å². The van der Waals surface area contributed by atoms with E-state index < -0.39 is 0 Å². The van der Waals surface area contributed by atoms with Crippen molar-refractivity contribution in [1.29, 1.82) is 0 Å². The maximum Gasteiger partial charge on any atom is 0.228 e. The van der Waals surface area contributed by atoms with Crippen LogP contribution in [-0.2, 0) is 11.2 Å². The summed E-state index contributed by atoms with van der Waals surface area (Å²) in [5, 5.41) is 5.02. The number of carbonyl (C=O) groups is 1. The summed E-state index contributed by atoms with van der Waals surface area (Å²) in [5.41, 5.74) is 1.51. The Morgan fingerprint density at radius 1 is 1.29 bits per heavy atom. The molecule has 0 bridgehead atoms. The molecule has 0 N–H and O–H groups in total. The molecule has 2 aromatic rings. The van der Waals surface area contributed by atoms with Crippen LogP contribution in [0.4, 0.5) is 0 Å². The van der Waals surface area contributed by atoms with E-state index in [0.717, 1.165) is 36.0 Å². The van der Waals surface area contributed by atoms with Crippen LogP contribution >= 0.6 is 0 Å². The van der Waals surface area contributed by atoms with Crippen molar-refractivity contribution in [3.8, 4) is 0 Å². The zero-order valence-corrected chi connectivity index (χ0v) is 12.5. The lowest BCUT2D eigenvalue weighted by Crippen LogP contribution is -2.42. The van der Waals surface area contributed by atoms with Gasteiger partial charge >= 0.3 is 0 Å². The highest BCUT2D eigenvalue weighted by Crippen LogP contribution is 2.24. The SMILES string of the molecule is CCN(C(=O)Cc1noc2ccccc12)C1CCCCC1. The smallest absolute Gasteiger partial charge is 0.228 e. The van der Waals surface area contributed by atoms with Crippen molar-refractivity contribution < 1.29 is 9.32 Å². The highest BCUT2D eigenvalue weighted by atomic mass is 16.5. The second-order valence-corrected chi connectivity index (χ2v) is 5.77. The van der Waals surface area contributed by atoms with Gasteiger partial charge < -0.3 is 9.42 Å². The molecule has 4 nitrogen and oxygen atoms in total. The predicted octanol–water partition coefficient (Wildman–Crippen LogP) is 3.55. The zero-order valence-electron chi connectivity index (χ0n) is 12.5. The van der Waals surface area contributed by atoms with Crippen LogP contribution in [0.1, 0.15) is 44.7 Å². The van der Waals surface area contributed by atoms with Crippen LogP contribution in [0.3, 0.4) is 0 Å². The van der Waals surface area contributed by atoms with E-state index in [1.165, 1.54) is 19.3 Å². The van der Waals surface area contributed by atoms with Crippen molar-refractivity contribution in [3.63, 3.8) is 0 Å². The van der Waals surface area contributed by atoms with Crippen molar-refractivity contribution in [2.45, 2.75) is 51.5 Å². The number of nitrogens with zero attached hydrogens (tertiary/aromatic N) is 2. The van der Waals surface area contributed by atoms with Crippen LogP contribution in [0, 0.1) is 0 Å². The number of amides is 1. The molecular weight excluding hydrogens is 264 g/mol. The van der Waals surface area contributed by atoms with Crippen LogP contribution in [-0.4, -0.2) is 28.6 Å². The summed E-state index contributed by atoms with van der Waals surface area (Å²) in [6.45, 7) is 2.84. The number of hydrogen-bond acceptors (Lipinski definition) is 3. The summed E-state index contributed by atoms with van der Waals surface area (Å²) in [4.78, 5) is 14.7. The molecule has 1 aliphatic carbocycles. The molecule has 0 atom stereocenters. The Kier molecular flexibility index (Phi) is 4.23. The molecule has 112 valence electrons. The number of fused-ring (bicyclic) bond motifs is 1. The molecule has 0 unspecified atom stereocenters. The molecule has 1 aromatic carbocycles. The number of carbonyl (C=O) groups excluding carboxylic acids is 1. The molecule has 1 aliphatic rings. The van der Waals surface area contributed by atoms with Gasteiger partial charge in [-0.05, 0) is 31.9 Å². The lowest BCUT2D eigenvalue weighted by Gasteiger charge is -2.33. The molecule has 0 aliphatic heterocycles. The van der Waals surface area contributed by atoms with Crippen molar-refractivity contribution >= 4 is 16.9 Å². The number of hydrogen-bond donors (Lipinski definition) is 0. The Labute approximate surface area is 125 Å². The molecule has 1 aromatic heterocycles. The molecule has 1 heterocycles. The van der Waals surface area contributed by atoms with E-state index in [4.69, 9.17) is 4.52 Å². The van der Waals surface area contributed by atoms with E-state index >= 15 is 0 Å². The fraction of sp³-hybridized carbons (Fsp3) is 0.529. The van der Waals surface area contributed by atoms with Gasteiger partial charge in [-0.15, -0.1) is 0 Å². The molecule has 21 heavy (non-hydrogen) atoms. The van der Waals surface area contributed by atoms with Gasteiger partial charge in [0.05, 0.1) is 6.42 Å². The Bertz CT molecular complexity index is 614. The van der Waals surface area contributed by atoms with Gasteiger partial charge in [-0.2, -0.15) is 0 Å². The lowest BCUT2D eigenvalue weighted by molar-refractivity contribution is -0.133. The number of benzene rings is 1. The van der Waals surface area contributed by atoms with Crippen LogP contribution in [0.2, 0.25) is 0 Å². The van der Waals surface area contributed by atoms with E-state index in [-0.39, 0.29) is 5.91 Å². The number of para-hydroxylation sites is 1. The Hall–Kier alpha value is -1.84. The normalized spacial score (nSPS) is 16.2. The van der Waals surface area contributed by atoms with Gasteiger partial charge in [0, 0.05) is 18.0 Å². The summed E-state index contributed by atoms with van der Waals surface area (Å²) in [6.07, 6.45) is 6.39. The van der Waals surface area contributed by atoms with Crippen LogP contribution in [0.25, 0.3) is 11.0 Å². The topological polar surface area (TPSA) is 46.3 Å². The Balaban J connectivity index is 1.74. The minimum absolute atomic E-state index is 0.170. The number of aromatic nitrogens is 1. The first kappa shape index (κ1) is 14.1. The first-order valence-corrected chi connectivity index (χ1v) is 7.92. The van der Waals surface area contributed by atoms with E-state index in [2.05, 4.69) is 12.1 Å². The third-order valence-electron chi connectivity index (χ3n) is 4.45. The molecule has 4 heteroatoms. The Morgan fingerprint density at radius 2 is 2.05 bits per heavy atom. The van der Waals surface area contributed by atoms with Gasteiger partial charge in [0.1, 0.15) is 5.69 Å². The zero-order chi connectivity index (χ0) is 14.7. The van der Waals surface area contributed by atoms with E-state index in [1.54, 1.807) is 0 Å². The lowest BCUT2D eigenvalue weighted by atomic mass is 9.94. The molecule has 1 amide bonds. The fourth-order valence-corrected chi connectivity index (χ4v) is 3.34. The second kappa shape index (κ2) is 6.29. The van der Waals surface area contributed by atoms with E-state index in [0.29, 0.717) is 12.5 Å². The minimum atomic E-state index is 0.170. The summed E-state index contributed by atoms with van der Waals surface area (Å²) in [6, 6.07) is 8.13. The van der Waals surface area contributed by atoms with Crippen LogP contribution < -0.4 is 0 Å². The van der Waals surface area contributed by atoms with Crippen molar-refractivity contribution in [2.24, 2.45) is 0 Å². The van der Waals surface area contributed by atoms with E-state index in [1.807, 2.05) is 29.2 Å². The summed E-state index contributed by atoms with van der Waals surface area (Å²) < 4.78 is 5.29. The monoisotopic (exact) mass is 286 g/mol. The third-order valence-corrected chi connectivity index (χ3v) is 4.45. The fourth-order valence-electron chi connectivity index (χ4n) is 3.34. The predicted molar refractivity (Wildman–Crippen MR) is 82.0 cm³/mol. The highest BCUT2D eigenvalue weighted by molar-refractivity contribution is 5.86. The highest BCUT2D eigenvalue weighted by Gasteiger charge is 2.25. The third kappa shape index (κ3) is 2.94. The van der Waals surface area contributed by atoms with E-state index in [9.17, 15) is 4.79 Å². The molecule has 1 saturated carbocycles. The van der Waals surface area contributed by atoms with Crippen molar-refractivity contribution in [3.05, 3.63) is 30.0 Å². The van der Waals surface area contributed by atoms with Gasteiger partial charge in [-0.3, -0.25) is 4.79 Å². The number of likely N-dealkylation sites (N-methyl/N-ethyl adjacent to an activating group) is 1.